The summed E-state index contributed by atoms with van der Waals surface area (Å²) < 4.78 is 32.9. The van der Waals surface area contributed by atoms with Gasteiger partial charge in [0, 0.05) is 0 Å². The number of benzene rings is 2. The summed E-state index contributed by atoms with van der Waals surface area (Å²) >= 11 is 0. The number of aryl methyl sites for hydroxylation is 2. The SMILES string of the molecule is CCc1ccc(NS(=O)(=O)c2ccc(O)c(C(=O)OC)c2)c(CCC(C)(C)O)c1. The van der Waals surface area contributed by atoms with Crippen LogP contribution in [-0.4, -0.2) is 37.3 Å². The van der Waals surface area contributed by atoms with Crippen molar-refractivity contribution < 1.29 is 28.2 Å². The van der Waals surface area contributed by atoms with E-state index in [1.165, 1.54) is 6.07 Å². The van der Waals surface area contributed by atoms with E-state index < -0.39 is 21.6 Å². The van der Waals surface area contributed by atoms with Gasteiger partial charge in [0.25, 0.3) is 10.0 Å². The maximum atomic E-state index is 12.9. The van der Waals surface area contributed by atoms with Gasteiger partial charge in [-0.3, -0.25) is 4.72 Å². The summed E-state index contributed by atoms with van der Waals surface area (Å²) in [6.07, 6.45) is 1.74. The first kappa shape index (κ1) is 22.7. The second-order valence-corrected chi connectivity index (χ2v) is 9.12. The maximum absolute atomic E-state index is 12.9. The van der Waals surface area contributed by atoms with Crippen LogP contribution >= 0.6 is 0 Å². The van der Waals surface area contributed by atoms with E-state index in [0.29, 0.717) is 18.5 Å². The monoisotopic (exact) mass is 421 g/mol. The van der Waals surface area contributed by atoms with Gasteiger partial charge in [0.05, 0.1) is 23.3 Å². The van der Waals surface area contributed by atoms with E-state index in [0.717, 1.165) is 36.8 Å². The number of rotatable bonds is 8. The molecule has 0 spiro atoms. The van der Waals surface area contributed by atoms with Gasteiger partial charge in [0.1, 0.15) is 11.3 Å². The average molecular weight is 422 g/mol. The van der Waals surface area contributed by atoms with Gasteiger partial charge in [0.2, 0.25) is 0 Å². The molecule has 0 atom stereocenters. The minimum absolute atomic E-state index is 0.177. The molecule has 2 aromatic rings. The van der Waals surface area contributed by atoms with Crippen molar-refractivity contribution in [3.05, 3.63) is 53.1 Å². The predicted molar refractivity (Wildman–Crippen MR) is 111 cm³/mol. The van der Waals surface area contributed by atoms with Crippen LogP contribution in [0.5, 0.6) is 5.75 Å². The molecule has 0 heterocycles. The predicted octanol–water partition coefficient (Wildman–Crippen LogP) is 3.25. The summed E-state index contributed by atoms with van der Waals surface area (Å²) in [6, 6.07) is 8.86. The van der Waals surface area contributed by atoms with Gasteiger partial charge in [-0.25, -0.2) is 13.2 Å². The highest BCUT2D eigenvalue weighted by Gasteiger charge is 2.21. The number of phenolic OH excluding ortho intramolecular Hbond substituents is 1. The van der Waals surface area contributed by atoms with Crippen molar-refractivity contribution >= 4 is 21.7 Å². The third kappa shape index (κ3) is 5.95. The Labute approximate surface area is 171 Å². The lowest BCUT2D eigenvalue weighted by Crippen LogP contribution is -2.20. The quantitative estimate of drug-likeness (QED) is 0.564. The van der Waals surface area contributed by atoms with Gasteiger partial charge < -0.3 is 14.9 Å². The number of ether oxygens (including phenoxy) is 1. The molecule has 0 aromatic heterocycles. The van der Waals surface area contributed by atoms with E-state index >= 15 is 0 Å². The molecule has 0 saturated heterocycles. The summed E-state index contributed by atoms with van der Waals surface area (Å²) in [6.45, 7) is 5.40. The maximum Gasteiger partial charge on any atom is 0.341 e. The first-order chi connectivity index (χ1) is 13.5. The molecule has 0 aliphatic carbocycles. The van der Waals surface area contributed by atoms with Crippen LogP contribution in [0.1, 0.15) is 48.7 Å². The third-order valence-electron chi connectivity index (χ3n) is 4.51. The van der Waals surface area contributed by atoms with Gasteiger partial charge in [-0.1, -0.05) is 19.1 Å². The van der Waals surface area contributed by atoms with Crippen LogP contribution in [-0.2, 0) is 27.6 Å². The Kier molecular flexibility index (Phi) is 6.92. The number of sulfonamides is 1. The minimum atomic E-state index is -4.02. The van der Waals surface area contributed by atoms with Gasteiger partial charge in [-0.05, 0) is 68.5 Å². The smallest absolute Gasteiger partial charge is 0.341 e. The van der Waals surface area contributed by atoms with E-state index in [1.54, 1.807) is 19.9 Å². The van der Waals surface area contributed by atoms with E-state index in [1.807, 2.05) is 19.1 Å². The van der Waals surface area contributed by atoms with Crippen LogP contribution in [0.2, 0.25) is 0 Å². The van der Waals surface area contributed by atoms with Gasteiger partial charge in [0.15, 0.2) is 0 Å². The molecule has 8 heteroatoms. The highest BCUT2D eigenvalue weighted by Crippen LogP contribution is 2.27. The van der Waals surface area contributed by atoms with E-state index in [9.17, 15) is 23.4 Å². The van der Waals surface area contributed by atoms with Crippen molar-refractivity contribution in [2.24, 2.45) is 0 Å². The highest BCUT2D eigenvalue weighted by molar-refractivity contribution is 7.92. The van der Waals surface area contributed by atoms with Crippen molar-refractivity contribution in [2.45, 2.75) is 50.5 Å². The molecular formula is C21H27NO6S. The molecule has 0 aliphatic rings. The molecule has 0 radical (unpaired) electrons. The van der Waals surface area contributed by atoms with Crippen molar-refractivity contribution in [3.63, 3.8) is 0 Å². The number of aliphatic hydroxyl groups is 1. The molecule has 0 amide bonds. The summed E-state index contributed by atoms with van der Waals surface area (Å²) in [5, 5.41) is 19.8. The number of carbonyl (C=O) groups is 1. The largest absolute Gasteiger partial charge is 0.507 e. The fourth-order valence-electron chi connectivity index (χ4n) is 2.77. The molecule has 3 N–H and O–H groups in total. The fraction of sp³-hybridized carbons (Fsp3) is 0.381. The Bertz CT molecular complexity index is 993. The Morgan fingerprint density at radius 2 is 1.86 bits per heavy atom. The van der Waals surface area contributed by atoms with Crippen LogP contribution in [0.3, 0.4) is 0 Å². The number of phenols is 1. The van der Waals surface area contributed by atoms with Crippen molar-refractivity contribution in [3.8, 4) is 5.75 Å². The Balaban J connectivity index is 2.40. The molecule has 2 rings (SSSR count). The van der Waals surface area contributed by atoms with Crippen LogP contribution in [0.25, 0.3) is 0 Å². The minimum Gasteiger partial charge on any atom is -0.507 e. The van der Waals surface area contributed by atoms with Gasteiger partial charge >= 0.3 is 5.97 Å². The number of aromatic hydroxyl groups is 1. The zero-order valence-corrected chi connectivity index (χ0v) is 17.8. The Morgan fingerprint density at radius 3 is 2.45 bits per heavy atom. The summed E-state index contributed by atoms with van der Waals surface area (Å²) in [4.78, 5) is 11.6. The second kappa shape index (κ2) is 8.84. The van der Waals surface area contributed by atoms with Crippen molar-refractivity contribution in [1.82, 2.24) is 0 Å². The lowest BCUT2D eigenvalue weighted by molar-refractivity contribution is 0.0596. The first-order valence-electron chi connectivity index (χ1n) is 9.25. The number of anilines is 1. The summed E-state index contributed by atoms with van der Waals surface area (Å²) in [7, 11) is -2.88. The van der Waals surface area contributed by atoms with E-state index in [4.69, 9.17) is 0 Å². The lowest BCUT2D eigenvalue weighted by atomic mass is 9.96. The number of carbonyl (C=O) groups excluding carboxylic acids is 1. The zero-order valence-electron chi connectivity index (χ0n) is 17.0. The zero-order chi connectivity index (χ0) is 21.8. The van der Waals surface area contributed by atoms with E-state index in [-0.39, 0.29) is 16.2 Å². The molecule has 0 unspecified atom stereocenters. The summed E-state index contributed by atoms with van der Waals surface area (Å²) in [5.41, 5.74) is 1.10. The highest BCUT2D eigenvalue weighted by atomic mass is 32.2. The summed E-state index contributed by atoms with van der Waals surface area (Å²) in [5.74, 6) is -1.20. The topological polar surface area (TPSA) is 113 Å². The van der Waals surface area contributed by atoms with Crippen LogP contribution in [0, 0.1) is 0 Å². The second-order valence-electron chi connectivity index (χ2n) is 7.43. The number of hydrogen-bond donors (Lipinski definition) is 3. The van der Waals surface area contributed by atoms with Crippen LogP contribution in [0.4, 0.5) is 5.69 Å². The molecule has 158 valence electrons. The molecule has 7 nitrogen and oxygen atoms in total. The molecular weight excluding hydrogens is 394 g/mol. The molecule has 0 fully saturated rings. The van der Waals surface area contributed by atoms with Gasteiger partial charge in [-0.15, -0.1) is 0 Å². The van der Waals surface area contributed by atoms with Crippen molar-refractivity contribution in [2.75, 3.05) is 11.8 Å². The number of esters is 1. The van der Waals surface area contributed by atoms with Gasteiger partial charge in [-0.2, -0.15) is 0 Å². The molecule has 0 bridgehead atoms. The van der Waals surface area contributed by atoms with Crippen molar-refractivity contribution in [1.29, 1.82) is 0 Å². The molecule has 2 aromatic carbocycles. The standard InChI is InChI=1S/C21H27NO6S/c1-5-14-6-8-18(15(12-14)10-11-21(2,3)25)22-29(26,27)16-7-9-19(23)17(13-16)20(24)28-4/h6-9,12-13,22-23,25H,5,10-11H2,1-4H3. The lowest BCUT2D eigenvalue weighted by Gasteiger charge is -2.19. The molecule has 29 heavy (non-hydrogen) atoms. The van der Waals surface area contributed by atoms with Crippen LogP contribution < -0.4 is 4.72 Å². The average Bonchev–Trinajstić information content (AvgIpc) is 2.65. The van der Waals surface area contributed by atoms with Crippen LogP contribution in [0.15, 0.2) is 41.3 Å². The Hall–Kier alpha value is -2.58. The molecule has 0 saturated carbocycles. The van der Waals surface area contributed by atoms with E-state index in [2.05, 4.69) is 9.46 Å². The normalized spacial score (nSPS) is 11.9. The third-order valence-corrected chi connectivity index (χ3v) is 5.88. The number of hydrogen-bond acceptors (Lipinski definition) is 6. The Morgan fingerprint density at radius 1 is 1.17 bits per heavy atom. The fourth-order valence-corrected chi connectivity index (χ4v) is 3.90. The number of nitrogens with one attached hydrogen (secondary N) is 1. The number of methoxy groups -OCH3 is 1. The first-order valence-corrected chi connectivity index (χ1v) is 10.7. The molecule has 0 aliphatic heterocycles.